The van der Waals surface area contributed by atoms with E-state index in [0.717, 1.165) is 17.9 Å². The van der Waals surface area contributed by atoms with Gasteiger partial charge in [-0.05, 0) is 62.4 Å². The summed E-state index contributed by atoms with van der Waals surface area (Å²) < 4.78 is 5.43. The zero-order chi connectivity index (χ0) is 14.9. The van der Waals surface area contributed by atoms with Crippen molar-refractivity contribution in [3.8, 4) is 0 Å². The summed E-state index contributed by atoms with van der Waals surface area (Å²) in [6, 6.07) is 13.4. The van der Waals surface area contributed by atoms with Gasteiger partial charge in [-0.1, -0.05) is 35.5 Å². The number of aryl methyl sites for hydroxylation is 1. The van der Waals surface area contributed by atoms with Gasteiger partial charge < -0.3 is 4.52 Å². The molecule has 5 rings (SSSR count). The number of piperidine rings is 3. The number of benzene rings is 1. The van der Waals surface area contributed by atoms with Crippen LogP contribution in [0.25, 0.3) is 6.08 Å². The van der Waals surface area contributed by atoms with Gasteiger partial charge in [0.1, 0.15) is 0 Å². The van der Waals surface area contributed by atoms with Crippen LogP contribution >= 0.6 is 0 Å². The average molecular weight is 294 g/mol. The third-order valence-corrected chi connectivity index (χ3v) is 5.05. The first-order chi connectivity index (χ1) is 10.8. The van der Waals surface area contributed by atoms with Crippen LogP contribution in [0.2, 0.25) is 0 Å². The molecule has 2 aromatic rings. The Morgan fingerprint density at radius 1 is 1.23 bits per heavy atom. The quantitative estimate of drug-likeness (QED) is 0.864. The van der Waals surface area contributed by atoms with Crippen LogP contribution < -0.4 is 0 Å². The lowest BCUT2D eigenvalue weighted by atomic mass is 9.76. The molecule has 3 nitrogen and oxygen atoms in total. The average Bonchev–Trinajstić information content (AvgIpc) is 2.97. The summed E-state index contributed by atoms with van der Waals surface area (Å²) in [4.78, 5) is 2.64. The second-order valence-electron chi connectivity index (χ2n) is 6.53. The Hall–Kier alpha value is -1.87. The van der Waals surface area contributed by atoms with E-state index in [-0.39, 0.29) is 0 Å². The van der Waals surface area contributed by atoms with E-state index in [2.05, 4.69) is 46.5 Å². The van der Waals surface area contributed by atoms with Crippen LogP contribution in [0.1, 0.15) is 29.9 Å². The van der Waals surface area contributed by atoms with E-state index >= 15 is 0 Å². The molecule has 3 saturated heterocycles. The van der Waals surface area contributed by atoms with Gasteiger partial charge in [0.15, 0.2) is 5.76 Å². The van der Waals surface area contributed by atoms with Gasteiger partial charge in [0.25, 0.3) is 0 Å². The Labute approximate surface area is 131 Å². The standard InChI is InChI=1S/C19H22N2O/c1-14-11-17(22-20-14)13-18-16-7-9-21(10-8-16)19(18)12-15-5-3-2-4-6-15/h2-6,11,13,16,19H,7-10,12H2,1H3/b18-13-/t19-/m0/s1. The fourth-order valence-corrected chi connectivity index (χ4v) is 3.94. The van der Waals surface area contributed by atoms with Crippen LogP contribution in [0.15, 0.2) is 46.5 Å². The fourth-order valence-electron chi connectivity index (χ4n) is 3.94. The lowest BCUT2D eigenvalue weighted by molar-refractivity contribution is 0.104. The molecule has 3 heteroatoms. The minimum Gasteiger partial charge on any atom is -0.357 e. The van der Waals surface area contributed by atoms with Crippen LogP contribution in [0.3, 0.4) is 0 Å². The van der Waals surface area contributed by atoms with Gasteiger partial charge in [-0.25, -0.2) is 0 Å². The molecule has 2 bridgehead atoms. The molecule has 4 heterocycles. The third-order valence-electron chi connectivity index (χ3n) is 5.05. The second kappa shape index (κ2) is 5.73. The first kappa shape index (κ1) is 13.8. The van der Waals surface area contributed by atoms with E-state index in [4.69, 9.17) is 4.52 Å². The Bertz CT molecular complexity index is 666. The predicted molar refractivity (Wildman–Crippen MR) is 87.4 cm³/mol. The molecule has 0 radical (unpaired) electrons. The molecule has 3 aliphatic rings. The van der Waals surface area contributed by atoms with E-state index in [1.54, 1.807) is 0 Å². The summed E-state index contributed by atoms with van der Waals surface area (Å²) in [5.74, 6) is 1.61. The SMILES string of the molecule is Cc1cc(/C=C2/C3CCN(CC3)[C@H]2Cc2ccccc2)on1. The molecule has 1 aromatic carbocycles. The Kier molecular flexibility index (Phi) is 3.59. The highest BCUT2D eigenvalue weighted by Crippen LogP contribution is 2.39. The van der Waals surface area contributed by atoms with E-state index in [0.29, 0.717) is 12.0 Å². The number of hydrogen-bond acceptors (Lipinski definition) is 3. The normalized spacial score (nSPS) is 29.1. The number of aromatic nitrogens is 1. The number of fused-ring (bicyclic) bond motifs is 3. The van der Waals surface area contributed by atoms with E-state index < -0.39 is 0 Å². The van der Waals surface area contributed by atoms with Crippen molar-refractivity contribution >= 4 is 6.08 Å². The lowest BCUT2D eigenvalue weighted by Crippen LogP contribution is -2.51. The van der Waals surface area contributed by atoms with Crippen LogP contribution in [0.4, 0.5) is 0 Å². The molecular formula is C19H22N2O. The van der Waals surface area contributed by atoms with Gasteiger partial charge >= 0.3 is 0 Å². The summed E-state index contributed by atoms with van der Waals surface area (Å²) in [5, 5.41) is 4.02. The van der Waals surface area contributed by atoms with E-state index in [1.165, 1.54) is 37.1 Å². The summed E-state index contributed by atoms with van der Waals surface area (Å²) in [6.07, 6.45) is 5.91. The van der Waals surface area contributed by atoms with Gasteiger partial charge in [-0.3, -0.25) is 4.90 Å². The van der Waals surface area contributed by atoms with Crippen LogP contribution in [-0.2, 0) is 6.42 Å². The largest absolute Gasteiger partial charge is 0.357 e. The van der Waals surface area contributed by atoms with Crippen molar-refractivity contribution in [2.45, 2.75) is 32.2 Å². The van der Waals surface area contributed by atoms with Gasteiger partial charge in [0, 0.05) is 12.1 Å². The van der Waals surface area contributed by atoms with Gasteiger partial charge in [-0.2, -0.15) is 0 Å². The molecule has 1 atom stereocenters. The molecule has 0 amide bonds. The molecule has 3 fully saturated rings. The van der Waals surface area contributed by atoms with Crippen LogP contribution in [-0.4, -0.2) is 29.2 Å². The van der Waals surface area contributed by atoms with Crippen molar-refractivity contribution in [1.82, 2.24) is 10.1 Å². The maximum atomic E-state index is 5.43. The summed E-state index contributed by atoms with van der Waals surface area (Å²) in [6.45, 7) is 4.44. The maximum Gasteiger partial charge on any atom is 0.159 e. The Morgan fingerprint density at radius 2 is 2.00 bits per heavy atom. The highest BCUT2D eigenvalue weighted by atomic mass is 16.5. The van der Waals surface area contributed by atoms with Gasteiger partial charge in [0.05, 0.1) is 5.69 Å². The van der Waals surface area contributed by atoms with Crippen molar-refractivity contribution in [3.63, 3.8) is 0 Å². The topological polar surface area (TPSA) is 29.3 Å². The minimum atomic E-state index is 0.514. The number of rotatable bonds is 3. The summed E-state index contributed by atoms with van der Waals surface area (Å²) in [7, 11) is 0. The van der Waals surface area contributed by atoms with E-state index in [1.807, 2.05) is 13.0 Å². The van der Waals surface area contributed by atoms with Crippen molar-refractivity contribution in [2.24, 2.45) is 5.92 Å². The molecular weight excluding hydrogens is 272 g/mol. The van der Waals surface area contributed by atoms with Crippen LogP contribution in [0.5, 0.6) is 0 Å². The molecule has 0 aliphatic carbocycles. The summed E-state index contributed by atoms with van der Waals surface area (Å²) in [5.41, 5.74) is 3.91. The Morgan fingerprint density at radius 3 is 2.68 bits per heavy atom. The van der Waals surface area contributed by atoms with Crippen molar-refractivity contribution in [3.05, 3.63) is 59.0 Å². The number of hydrogen-bond donors (Lipinski definition) is 0. The second-order valence-corrected chi connectivity index (χ2v) is 6.53. The first-order valence-corrected chi connectivity index (χ1v) is 8.22. The molecule has 1 aromatic heterocycles. The zero-order valence-electron chi connectivity index (χ0n) is 13.0. The fraction of sp³-hybridized carbons (Fsp3) is 0.421. The highest BCUT2D eigenvalue weighted by Gasteiger charge is 2.37. The van der Waals surface area contributed by atoms with Crippen molar-refractivity contribution in [1.29, 1.82) is 0 Å². The van der Waals surface area contributed by atoms with Gasteiger partial charge in [-0.15, -0.1) is 0 Å². The molecule has 0 N–H and O–H groups in total. The molecule has 114 valence electrons. The monoisotopic (exact) mass is 294 g/mol. The van der Waals surface area contributed by atoms with E-state index in [9.17, 15) is 0 Å². The molecule has 3 aliphatic heterocycles. The zero-order valence-corrected chi connectivity index (χ0v) is 13.0. The lowest BCUT2D eigenvalue weighted by Gasteiger charge is -2.47. The molecule has 0 saturated carbocycles. The van der Waals surface area contributed by atoms with Crippen LogP contribution in [0, 0.1) is 12.8 Å². The molecule has 0 spiro atoms. The smallest absolute Gasteiger partial charge is 0.159 e. The molecule has 22 heavy (non-hydrogen) atoms. The number of nitrogens with zero attached hydrogens (tertiary/aromatic N) is 2. The van der Waals surface area contributed by atoms with Gasteiger partial charge in [0.2, 0.25) is 0 Å². The predicted octanol–water partition coefficient (Wildman–Crippen LogP) is 3.70. The maximum absolute atomic E-state index is 5.43. The van der Waals surface area contributed by atoms with Crippen molar-refractivity contribution < 1.29 is 4.52 Å². The molecule has 0 unspecified atom stereocenters. The highest BCUT2D eigenvalue weighted by molar-refractivity contribution is 5.51. The summed E-state index contributed by atoms with van der Waals surface area (Å²) >= 11 is 0. The minimum absolute atomic E-state index is 0.514. The Balaban J connectivity index is 1.65. The third kappa shape index (κ3) is 2.61. The first-order valence-electron chi connectivity index (χ1n) is 8.22. The van der Waals surface area contributed by atoms with Crippen molar-refractivity contribution in [2.75, 3.05) is 13.1 Å².